The first-order valence-electron chi connectivity index (χ1n) is 27.3. The molecule has 2 aliphatic heterocycles. The van der Waals surface area contributed by atoms with Crippen LogP contribution in [0, 0.1) is 6.92 Å². The highest BCUT2D eigenvalue weighted by molar-refractivity contribution is 7.01. The second-order valence-electron chi connectivity index (χ2n) is 26.2. The predicted octanol–water partition coefficient (Wildman–Crippen LogP) is 16.6. The van der Waals surface area contributed by atoms with Crippen molar-refractivity contribution in [1.29, 1.82) is 0 Å². The first kappa shape index (κ1) is 49.6. The number of aryl methyl sites for hydroxylation is 1. The molecule has 0 N–H and O–H groups in total. The highest BCUT2D eigenvalue weighted by Gasteiger charge is 2.47. The molecule has 2 heterocycles. The number of benzene rings is 8. The van der Waals surface area contributed by atoms with E-state index in [0.29, 0.717) is 6.54 Å². The molecule has 0 spiro atoms. The number of anilines is 8. The van der Waals surface area contributed by atoms with Crippen LogP contribution in [-0.4, -0.2) is 14.8 Å². The number of nitrogens with zero attached hydrogens (tertiary/aromatic N) is 3. The van der Waals surface area contributed by atoms with Gasteiger partial charge in [0, 0.05) is 46.4 Å². The summed E-state index contributed by atoms with van der Waals surface area (Å²) >= 11 is 0. The summed E-state index contributed by atoms with van der Waals surface area (Å²) < 4.78 is 0. The molecule has 374 valence electrons. The fourth-order valence-corrected chi connectivity index (χ4v) is 13.5. The van der Waals surface area contributed by atoms with E-state index in [0.717, 1.165) is 29.9 Å². The molecule has 0 saturated heterocycles. The highest BCUT2D eigenvalue weighted by atomic mass is 28.3. The zero-order chi connectivity index (χ0) is 52.3. The molecule has 0 radical (unpaired) electrons. The van der Waals surface area contributed by atoms with E-state index < -0.39 is 8.07 Å². The number of hydrogen-bond acceptors (Lipinski definition) is 3. The molecule has 5 heteroatoms. The quantitative estimate of drug-likeness (QED) is 0.141. The molecule has 0 fully saturated rings. The van der Waals surface area contributed by atoms with Crippen molar-refractivity contribution in [1.82, 2.24) is 0 Å². The molecule has 0 unspecified atom stereocenters. The third kappa shape index (κ3) is 8.63. The van der Waals surface area contributed by atoms with Gasteiger partial charge in [-0.25, -0.2) is 0 Å². The minimum Gasteiger partial charge on any atom is -0.338 e. The first-order valence-corrected chi connectivity index (χ1v) is 30.8. The Morgan fingerprint density at radius 2 is 1.04 bits per heavy atom. The summed E-state index contributed by atoms with van der Waals surface area (Å²) in [6.07, 6.45) is 2.31. The summed E-state index contributed by atoms with van der Waals surface area (Å²) in [5, 5.41) is 1.49. The second kappa shape index (κ2) is 17.8. The van der Waals surface area contributed by atoms with Gasteiger partial charge < -0.3 is 14.7 Å². The van der Waals surface area contributed by atoms with E-state index >= 15 is 0 Å². The van der Waals surface area contributed by atoms with Gasteiger partial charge in [-0.3, -0.25) is 0 Å². The van der Waals surface area contributed by atoms with Gasteiger partial charge in [-0.05, 0) is 157 Å². The van der Waals surface area contributed by atoms with Crippen molar-refractivity contribution in [3.8, 4) is 11.1 Å². The van der Waals surface area contributed by atoms with Gasteiger partial charge in [0.05, 0.1) is 13.8 Å². The van der Waals surface area contributed by atoms with Crippen LogP contribution in [0.15, 0.2) is 170 Å². The van der Waals surface area contributed by atoms with E-state index in [1.165, 1.54) is 94.5 Å². The summed E-state index contributed by atoms with van der Waals surface area (Å²) in [6.45, 7) is 34.5. The predicted molar refractivity (Wildman–Crippen MR) is 325 cm³/mol. The number of para-hydroxylation sites is 2. The highest BCUT2D eigenvalue weighted by Crippen LogP contribution is 2.51. The Balaban J connectivity index is 1.29. The van der Waals surface area contributed by atoms with E-state index in [-0.39, 0.29) is 28.4 Å². The van der Waals surface area contributed by atoms with Crippen molar-refractivity contribution in [2.24, 2.45) is 0 Å². The van der Waals surface area contributed by atoms with Gasteiger partial charge in [-0.1, -0.05) is 209 Å². The minimum absolute atomic E-state index is 0.00176. The van der Waals surface area contributed by atoms with E-state index in [1.54, 1.807) is 0 Å². The maximum Gasteiger partial charge on any atom is 0.252 e. The van der Waals surface area contributed by atoms with Crippen LogP contribution < -0.4 is 36.3 Å². The summed E-state index contributed by atoms with van der Waals surface area (Å²) in [5.41, 5.74) is 24.8. The molecular weight excluding hydrogens is 910 g/mol. The van der Waals surface area contributed by atoms with E-state index in [4.69, 9.17) is 0 Å². The lowest BCUT2D eigenvalue weighted by Gasteiger charge is -2.48. The summed E-state index contributed by atoms with van der Waals surface area (Å²) in [5.74, 6) is 0. The van der Waals surface area contributed by atoms with Crippen molar-refractivity contribution in [2.75, 3.05) is 14.7 Å². The van der Waals surface area contributed by atoms with Gasteiger partial charge in [0.1, 0.15) is 0 Å². The number of hydrogen-bond donors (Lipinski definition) is 0. The fourth-order valence-electron chi connectivity index (χ4n) is 12.4. The van der Waals surface area contributed by atoms with Crippen LogP contribution in [0.3, 0.4) is 0 Å². The van der Waals surface area contributed by atoms with Gasteiger partial charge in [0.25, 0.3) is 6.71 Å². The summed E-state index contributed by atoms with van der Waals surface area (Å²) in [6, 6.07) is 65.7. The van der Waals surface area contributed by atoms with Crippen LogP contribution in [0.1, 0.15) is 115 Å². The van der Waals surface area contributed by atoms with E-state index in [1.807, 2.05) is 0 Å². The van der Waals surface area contributed by atoms with Gasteiger partial charge >= 0.3 is 0 Å². The van der Waals surface area contributed by atoms with Crippen LogP contribution in [-0.2, 0) is 28.2 Å². The minimum atomic E-state index is -1.78. The zero-order valence-corrected chi connectivity index (χ0v) is 47.7. The monoisotopic (exact) mass is 986 g/mol. The van der Waals surface area contributed by atoms with Crippen LogP contribution in [0.2, 0.25) is 19.6 Å². The average Bonchev–Trinajstić information content (AvgIpc) is 3.36. The molecule has 11 rings (SSSR count). The van der Waals surface area contributed by atoms with Crippen molar-refractivity contribution >= 4 is 81.9 Å². The molecule has 1 aliphatic carbocycles. The fraction of sp³-hybridized carbons (Fsp3) is 0.304. The second-order valence-corrected chi connectivity index (χ2v) is 31.3. The van der Waals surface area contributed by atoms with Crippen molar-refractivity contribution in [3.05, 3.63) is 203 Å². The standard InChI is InChI=1S/C69H76BN3Si/c1-46-38-49(66(2,3)4)32-34-60(46)73-61-35-33-54(74(12,13)14)42-58(61)70-59-43-56-57(69(10,11)37-36-68(56,8)9)44-62(59)71(45-48-30-31-50(67(5,6)7)39-55(48)47-24-18-15-19-25-47)63-40-53(41-64(73)65(63)70)72(51-26-20-16-21-27-51)52-28-22-17-23-29-52/h15-35,38-44H,36-37,45H2,1-14H3. The molecule has 8 aromatic rings. The Hall–Kier alpha value is -6.56. The van der Waals surface area contributed by atoms with Gasteiger partial charge in [-0.15, -0.1) is 0 Å². The van der Waals surface area contributed by atoms with Crippen molar-refractivity contribution in [2.45, 2.75) is 137 Å². The van der Waals surface area contributed by atoms with Gasteiger partial charge in [0.2, 0.25) is 0 Å². The molecule has 0 atom stereocenters. The third-order valence-corrected chi connectivity index (χ3v) is 19.0. The van der Waals surface area contributed by atoms with Crippen molar-refractivity contribution < 1.29 is 0 Å². The summed E-state index contributed by atoms with van der Waals surface area (Å²) in [4.78, 5) is 7.88. The maximum atomic E-state index is 2.75. The molecule has 3 nitrogen and oxygen atoms in total. The Morgan fingerprint density at radius 3 is 1.62 bits per heavy atom. The van der Waals surface area contributed by atoms with E-state index in [9.17, 15) is 0 Å². The topological polar surface area (TPSA) is 9.72 Å². The van der Waals surface area contributed by atoms with Crippen molar-refractivity contribution in [3.63, 3.8) is 0 Å². The Bertz CT molecular complexity index is 3410. The van der Waals surface area contributed by atoms with Crippen LogP contribution in [0.25, 0.3) is 11.1 Å². The zero-order valence-electron chi connectivity index (χ0n) is 46.7. The largest absolute Gasteiger partial charge is 0.338 e. The molecule has 3 aliphatic rings. The maximum absolute atomic E-state index is 2.75. The molecule has 0 saturated carbocycles. The molecule has 0 bridgehead atoms. The Morgan fingerprint density at radius 1 is 0.514 bits per heavy atom. The molecule has 0 amide bonds. The lowest BCUT2D eigenvalue weighted by atomic mass is 9.33. The molecular formula is C69H76BN3Si. The molecule has 74 heavy (non-hydrogen) atoms. The average molecular weight is 986 g/mol. The van der Waals surface area contributed by atoms with Crippen LogP contribution in [0.5, 0.6) is 0 Å². The SMILES string of the molecule is Cc1cc(C(C)(C)C)ccc1N1c2ccc([Si](C)(C)C)cc2B2c3cc4c(cc3N(Cc3ccc(C(C)(C)C)cc3-c3ccccc3)c3cc(N(c5ccccc5)c5ccccc5)cc1c32)C(C)(C)CCC4(C)C. The number of fused-ring (bicyclic) bond motifs is 5. The van der Waals surface area contributed by atoms with Gasteiger partial charge in [-0.2, -0.15) is 0 Å². The smallest absolute Gasteiger partial charge is 0.252 e. The Labute approximate surface area is 445 Å². The van der Waals surface area contributed by atoms with Crippen LogP contribution >= 0.6 is 0 Å². The third-order valence-electron chi connectivity index (χ3n) is 17.0. The lowest BCUT2D eigenvalue weighted by Crippen LogP contribution is -2.63. The van der Waals surface area contributed by atoms with Gasteiger partial charge in [0.15, 0.2) is 0 Å². The van der Waals surface area contributed by atoms with Crippen LogP contribution in [0.4, 0.5) is 45.5 Å². The lowest BCUT2D eigenvalue weighted by molar-refractivity contribution is 0.332. The Kier molecular flexibility index (Phi) is 11.9. The van der Waals surface area contributed by atoms with E-state index in [2.05, 4.69) is 280 Å². The molecule has 8 aromatic carbocycles. The normalized spacial score (nSPS) is 15.5. The number of rotatable bonds is 8. The first-order chi connectivity index (χ1) is 35.0. The molecule has 0 aromatic heterocycles. The summed E-state index contributed by atoms with van der Waals surface area (Å²) in [7, 11) is -1.78.